The zero-order valence-electron chi connectivity index (χ0n) is 36.4. The number of carboxylic acids is 2. The number of ether oxygens (including phenoxy) is 3. The lowest BCUT2D eigenvalue weighted by Crippen LogP contribution is -2.49. The Kier molecular flexibility index (Phi) is 26.4. The third-order valence-electron chi connectivity index (χ3n) is 10.3. The average molecular weight is 934 g/mol. The van der Waals surface area contributed by atoms with Crippen LogP contribution in [0, 0.1) is 23.2 Å². The zero-order valence-corrected chi connectivity index (χ0v) is 38.0. The number of Topliss-reactive ketones (excluding diaryl/α,β-unsaturated/α-hetero) is 1. The van der Waals surface area contributed by atoms with Crippen LogP contribution in [0.5, 0.6) is 0 Å². The van der Waals surface area contributed by atoms with Crippen LogP contribution in [-0.4, -0.2) is 149 Å². The molecule has 1 heterocycles. The van der Waals surface area contributed by atoms with E-state index in [2.05, 4.69) is 28.2 Å². The number of esters is 3. The van der Waals surface area contributed by atoms with Gasteiger partial charge in [0, 0.05) is 17.9 Å². The Hall–Kier alpha value is -4.77. The van der Waals surface area contributed by atoms with Crippen molar-refractivity contribution in [3.8, 4) is 0 Å². The second-order valence-corrected chi connectivity index (χ2v) is 17.9. The van der Waals surface area contributed by atoms with Gasteiger partial charge in [0.15, 0.2) is 0 Å². The van der Waals surface area contributed by atoms with Crippen molar-refractivity contribution >= 4 is 89.6 Å². The average Bonchev–Trinajstić information content (AvgIpc) is 3.22. The molecule has 0 aromatic heterocycles. The summed E-state index contributed by atoms with van der Waals surface area (Å²) in [5, 5.41) is 27.1. The van der Waals surface area contributed by atoms with Gasteiger partial charge >= 0.3 is 29.8 Å². The third kappa shape index (κ3) is 21.9. The van der Waals surface area contributed by atoms with Crippen LogP contribution >= 0.6 is 23.5 Å². The number of ketones is 1. The number of rotatable bonds is 23. The normalized spacial score (nSPS) is 22.3. The summed E-state index contributed by atoms with van der Waals surface area (Å²) in [5.74, 6) is -9.74. The van der Waals surface area contributed by atoms with E-state index in [1.54, 1.807) is 6.92 Å². The van der Waals surface area contributed by atoms with Gasteiger partial charge in [-0.2, -0.15) is 0 Å². The first-order valence-electron chi connectivity index (χ1n) is 20.6. The molecule has 21 nitrogen and oxygen atoms in total. The number of aliphatic carboxylic acids is 2. The molecule has 8 atom stereocenters. The molecule has 4 amide bonds. The van der Waals surface area contributed by atoms with Gasteiger partial charge in [-0.15, -0.1) is 23.5 Å². The van der Waals surface area contributed by atoms with Crippen molar-refractivity contribution < 1.29 is 77.2 Å². The molecule has 0 aromatic carbocycles. The number of hydrogen-bond acceptors (Lipinski definition) is 17. The highest BCUT2D eigenvalue weighted by atomic mass is 32.2. The van der Waals surface area contributed by atoms with Gasteiger partial charge in [0.1, 0.15) is 48.9 Å². The van der Waals surface area contributed by atoms with Crippen molar-refractivity contribution in [1.29, 1.82) is 0 Å². The van der Waals surface area contributed by atoms with Gasteiger partial charge in [-0.25, -0.2) is 0 Å². The maximum absolute atomic E-state index is 14.5. The van der Waals surface area contributed by atoms with Crippen LogP contribution in [0.25, 0.3) is 0 Å². The molecule has 0 spiro atoms. The number of cyclic esters (lactones) is 1. The van der Waals surface area contributed by atoms with Crippen molar-refractivity contribution in [3.63, 3.8) is 0 Å². The summed E-state index contributed by atoms with van der Waals surface area (Å²) in [7, 11) is 0. The summed E-state index contributed by atoms with van der Waals surface area (Å²) >= 11 is 1.81. The predicted molar refractivity (Wildman–Crippen MR) is 229 cm³/mol. The van der Waals surface area contributed by atoms with Gasteiger partial charge in [0.2, 0.25) is 24.1 Å². The Labute approximate surface area is 374 Å². The maximum Gasteiger partial charge on any atom is 0.322 e. The first kappa shape index (κ1) is 56.2. The second kappa shape index (κ2) is 29.6. The monoisotopic (exact) mass is 933 g/mol. The number of carboxylic acid groups (broad SMARTS) is 2. The number of carbonyl (C=O) groups excluding carboxylic acids is 9. The first-order chi connectivity index (χ1) is 29.6. The molecule has 63 heavy (non-hydrogen) atoms. The SMILES string of the molecule is CC1CCCOC(=O)CC(OC(=O)CSCC(NC(=O)CCC(N)C(=O)O)C(=O)NCC=O)C(C)(C)C(=O)C(C)[C@@H](OC(=O)CSCC(NC=O)C(=O)NCC(=O)O)C(C)CCC1. The highest BCUT2D eigenvalue weighted by Crippen LogP contribution is 2.35. The van der Waals surface area contributed by atoms with E-state index in [1.165, 1.54) is 13.8 Å². The molecule has 1 aliphatic rings. The largest absolute Gasteiger partial charge is 0.480 e. The highest BCUT2D eigenvalue weighted by molar-refractivity contribution is 8.00. The van der Waals surface area contributed by atoms with E-state index < -0.39 is 114 Å². The van der Waals surface area contributed by atoms with Crippen LogP contribution < -0.4 is 27.0 Å². The molecule has 356 valence electrons. The summed E-state index contributed by atoms with van der Waals surface area (Å²) in [6.45, 7) is 7.53. The third-order valence-corrected chi connectivity index (χ3v) is 12.3. The van der Waals surface area contributed by atoms with E-state index in [0.717, 1.165) is 42.8 Å². The number of aldehydes is 1. The molecule has 1 saturated heterocycles. The van der Waals surface area contributed by atoms with Crippen molar-refractivity contribution in [2.45, 2.75) is 116 Å². The number of amides is 4. The molecular formula is C40H63N5O16S2. The van der Waals surface area contributed by atoms with Crippen molar-refractivity contribution in [2.75, 3.05) is 42.7 Å². The number of nitrogens with one attached hydrogen (secondary N) is 4. The van der Waals surface area contributed by atoms with Crippen molar-refractivity contribution in [1.82, 2.24) is 21.3 Å². The van der Waals surface area contributed by atoms with E-state index in [-0.39, 0.29) is 61.5 Å². The van der Waals surface area contributed by atoms with Crippen molar-refractivity contribution in [3.05, 3.63) is 0 Å². The number of thioether (sulfide) groups is 2. The van der Waals surface area contributed by atoms with E-state index in [4.69, 9.17) is 30.2 Å². The van der Waals surface area contributed by atoms with E-state index in [1.807, 2.05) is 6.92 Å². The Balaban J connectivity index is 3.27. The fourth-order valence-corrected chi connectivity index (χ4v) is 8.22. The molecule has 7 unspecified atom stereocenters. The van der Waals surface area contributed by atoms with E-state index >= 15 is 0 Å². The van der Waals surface area contributed by atoms with Gasteiger partial charge in [0.25, 0.3) is 0 Å². The Morgan fingerprint density at radius 2 is 1.49 bits per heavy atom. The molecular weight excluding hydrogens is 871 g/mol. The van der Waals surface area contributed by atoms with Crippen LogP contribution in [0.15, 0.2) is 0 Å². The minimum absolute atomic E-state index is 0.104. The molecule has 0 radical (unpaired) electrons. The summed E-state index contributed by atoms with van der Waals surface area (Å²) in [6, 6.07) is -3.72. The molecule has 0 aliphatic carbocycles. The lowest BCUT2D eigenvalue weighted by molar-refractivity contribution is -0.166. The number of nitrogens with two attached hydrogens (primary N) is 1. The van der Waals surface area contributed by atoms with Gasteiger partial charge in [-0.1, -0.05) is 33.6 Å². The maximum atomic E-state index is 14.5. The van der Waals surface area contributed by atoms with Gasteiger partial charge in [0.05, 0.1) is 42.4 Å². The van der Waals surface area contributed by atoms with Crippen LogP contribution in [0.4, 0.5) is 0 Å². The van der Waals surface area contributed by atoms with Gasteiger partial charge in [-0.3, -0.25) is 47.9 Å². The fraction of sp³-hybridized carbons (Fsp3) is 0.725. The molecule has 1 aliphatic heterocycles. The van der Waals surface area contributed by atoms with Crippen LogP contribution in [-0.2, 0) is 67.0 Å². The highest BCUT2D eigenvalue weighted by Gasteiger charge is 2.46. The topological polar surface area (TPSA) is 330 Å². The smallest absolute Gasteiger partial charge is 0.322 e. The molecule has 8 N–H and O–H groups in total. The van der Waals surface area contributed by atoms with Crippen molar-refractivity contribution in [2.24, 2.45) is 28.9 Å². The second-order valence-electron chi connectivity index (χ2n) is 15.9. The van der Waals surface area contributed by atoms with Gasteiger partial charge in [-0.05, 0) is 51.4 Å². The Morgan fingerprint density at radius 3 is 2.10 bits per heavy atom. The summed E-state index contributed by atoms with van der Waals surface area (Å²) in [6.07, 6.45) is 0.755. The minimum Gasteiger partial charge on any atom is -0.480 e. The van der Waals surface area contributed by atoms with Crippen LogP contribution in [0.3, 0.4) is 0 Å². The Morgan fingerprint density at radius 1 is 0.889 bits per heavy atom. The van der Waals surface area contributed by atoms with Crippen LogP contribution in [0.2, 0.25) is 0 Å². The fourth-order valence-electron chi connectivity index (χ4n) is 6.57. The Bertz CT molecular complexity index is 1600. The molecule has 0 bridgehead atoms. The van der Waals surface area contributed by atoms with Crippen LogP contribution in [0.1, 0.15) is 86.0 Å². The minimum atomic E-state index is -1.57. The van der Waals surface area contributed by atoms with Gasteiger partial charge < -0.3 is 56.2 Å². The number of hydrogen-bond donors (Lipinski definition) is 7. The standard InChI is InChI=1S/C40H63N5O16S2/c1-23-8-6-10-24(2)35(61-34(53)21-62-18-27(44-22-47)37(55)43-17-31(49)50)25(3)36(54)40(4,5)29(16-32(51)59-15-7-9-23)60-33(52)20-63-19-28(38(56)42-13-14-46)45-30(48)12-11-26(41)39(57)58/h14,22-29,35H,6-13,15-21,41H2,1-5H3,(H,42,56)(H,43,55)(H,44,47)(H,45,48)(H,49,50)(H,57,58)/t23?,24?,25?,26?,27?,28?,29?,35-/m0/s1. The number of carbonyl (C=O) groups is 11. The zero-order chi connectivity index (χ0) is 47.7. The summed E-state index contributed by atoms with van der Waals surface area (Å²) in [5.41, 5.74) is 3.90. The summed E-state index contributed by atoms with van der Waals surface area (Å²) in [4.78, 5) is 136. The first-order valence-corrected chi connectivity index (χ1v) is 22.9. The lowest BCUT2D eigenvalue weighted by atomic mass is 9.72. The van der Waals surface area contributed by atoms with E-state index in [0.29, 0.717) is 19.1 Å². The lowest BCUT2D eigenvalue weighted by Gasteiger charge is -2.37. The molecule has 23 heteroatoms. The molecule has 0 aromatic rings. The molecule has 0 saturated carbocycles. The quantitative estimate of drug-likeness (QED) is 0.0402. The molecule has 1 rings (SSSR count). The predicted octanol–water partition coefficient (Wildman–Crippen LogP) is -0.0152. The summed E-state index contributed by atoms with van der Waals surface area (Å²) < 4.78 is 17.2. The van der Waals surface area contributed by atoms with E-state index in [9.17, 15) is 52.7 Å². The molecule has 1 fully saturated rings.